The number of benzene rings is 2. The summed E-state index contributed by atoms with van der Waals surface area (Å²) >= 11 is 2.56. The molecule has 9 nitrogen and oxygen atoms in total. The molecule has 1 aliphatic heterocycles. The van der Waals surface area contributed by atoms with Gasteiger partial charge in [0.25, 0.3) is 5.56 Å². The van der Waals surface area contributed by atoms with E-state index < -0.39 is 12.0 Å². The predicted octanol–water partition coefficient (Wildman–Crippen LogP) is 5.58. The number of fused-ring (bicyclic) bond motifs is 2. The third-order valence-electron chi connectivity index (χ3n) is 7.16. The summed E-state index contributed by atoms with van der Waals surface area (Å²) in [5.41, 5.74) is 2.22. The summed E-state index contributed by atoms with van der Waals surface area (Å²) in [5, 5.41) is 3.00. The number of methoxy groups -OCH3 is 1. The molecule has 0 amide bonds. The Morgan fingerprint density at radius 2 is 1.98 bits per heavy atom. The molecule has 5 aromatic rings. The molecule has 0 unspecified atom stereocenters. The van der Waals surface area contributed by atoms with Gasteiger partial charge in [-0.05, 0) is 67.1 Å². The Hall–Kier alpha value is -4.48. The maximum atomic E-state index is 14.3. The number of aryl methyl sites for hydroxylation is 1. The molecule has 0 spiro atoms. The van der Waals surface area contributed by atoms with Crippen molar-refractivity contribution in [3.8, 4) is 5.75 Å². The first kappa shape index (κ1) is 29.6. The van der Waals surface area contributed by atoms with Gasteiger partial charge in [0, 0.05) is 23.5 Å². The van der Waals surface area contributed by atoms with Gasteiger partial charge in [0.05, 0.1) is 29.5 Å². The predicted molar refractivity (Wildman–Crippen MR) is 170 cm³/mol. The molecule has 4 heterocycles. The molecule has 1 aliphatic rings. The lowest BCUT2D eigenvalue weighted by atomic mass is 9.90. The number of aromatic nitrogens is 3. The van der Waals surface area contributed by atoms with Crippen molar-refractivity contribution in [3.63, 3.8) is 0 Å². The van der Waals surface area contributed by atoms with E-state index in [2.05, 4.69) is 9.97 Å². The lowest BCUT2D eigenvalue weighted by Gasteiger charge is -2.28. The summed E-state index contributed by atoms with van der Waals surface area (Å²) < 4.78 is 19.5. The van der Waals surface area contributed by atoms with Gasteiger partial charge in [-0.3, -0.25) is 9.36 Å². The molecule has 0 fully saturated rings. The normalized spacial score (nSPS) is 14.9. The van der Waals surface area contributed by atoms with Gasteiger partial charge >= 0.3 is 5.97 Å². The number of nitrogens with zero attached hydrogens (tertiary/aromatic N) is 4. The van der Waals surface area contributed by atoms with E-state index in [4.69, 9.17) is 18.9 Å². The van der Waals surface area contributed by atoms with E-state index in [9.17, 15) is 9.59 Å². The number of thiazole rings is 1. The minimum Gasteiger partial charge on any atom is -0.496 e. The average molecular weight is 627 g/mol. The molecule has 0 bridgehead atoms. The van der Waals surface area contributed by atoms with Gasteiger partial charge in [-0.1, -0.05) is 55.0 Å². The number of hydrogen-bond donors (Lipinski definition) is 0. The molecule has 0 saturated heterocycles. The summed E-state index contributed by atoms with van der Waals surface area (Å²) in [6.45, 7) is 5.89. The standard InChI is InChI=1S/C33H30N4O5S2/c1-5-9-23-28(31(39)41-6-2)29(27-22-11-8-7-10-20(22)12-14-24(27)40-4)37-30(38)25(43-33(37)36-23)18-21-13-15-26(42-21)44-32-34-17-16-19(3)35-32/h7-8,10-18,29H,5-6,9H2,1-4H3/b25-18+/t29-/m0/s1. The van der Waals surface area contributed by atoms with E-state index in [1.807, 2.05) is 62.4 Å². The van der Waals surface area contributed by atoms with Crippen molar-refractivity contribution in [1.82, 2.24) is 14.5 Å². The Bertz CT molecular complexity index is 2090. The van der Waals surface area contributed by atoms with Gasteiger partial charge in [-0.25, -0.2) is 19.8 Å². The quantitative estimate of drug-likeness (QED) is 0.154. The maximum Gasteiger partial charge on any atom is 0.338 e. The fourth-order valence-electron chi connectivity index (χ4n) is 5.29. The van der Waals surface area contributed by atoms with Crippen LogP contribution in [0.1, 0.15) is 49.7 Å². The zero-order valence-electron chi connectivity index (χ0n) is 24.7. The molecular formula is C33H30N4O5S2. The summed E-state index contributed by atoms with van der Waals surface area (Å²) in [4.78, 5) is 42.0. The highest BCUT2D eigenvalue weighted by atomic mass is 32.2. The molecule has 1 atom stereocenters. The zero-order chi connectivity index (χ0) is 30.8. The van der Waals surface area contributed by atoms with Gasteiger partial charge in [0.2, 0.25) is 0 Å². The first-order chi connectivity index (χ1) is 21.4. The number of hydrogen-bond acceptors (Lipinski definition) is 10. The highest BCUT2D eigenvalue weighted by Crippen LogP contribution is 2.41. The number of rotatable bonds is 9. The van der Waals surface area contributed by atoms with Gasteiger partial charge in [0.15, 0.2) is 15.1 Å². The van der Waals surface area contributed by atoms with E-state index in [1.165, 1.54) is 23.1 Å². The number of allylic oxidation sites excluding steroid dienone is 1. The lowest BCUT2D eigenvalue weighted by Crippen LogP contribution is -2.40. The Morgan fingerprint density at radius 1 is 1.14 bits per heavy atom. The fourth-order valence-corrected chi connectivity index (χ4v) is 7.05. The average Bonchev–Trinajstić information content (AvgIpc) is 3.59. The molecule has 0 aliphatic carbocycles. The van der Waals surface area contributed by atoms with Crippen LogP contribution in [0.3, 0.4) is 0 Å². The molecule has 44 heavy (non-hydrogen) atoms. The van der Waals surface area contributed by atoms with Gasteiger partial charge < -0.3 is 13.9 Å². The smallest absolute Gasteiger partial charge is 0.338 e. The van der Waals surface area contributed by atoms with Crippen molar-refractivity contribution in [2.75, 3.05) is 13.7 Å². The van der Waals surface area contributed by atoms with Crippen LogP contribution in [0.15, 0.2) is 96.5 Å². The van der Waals surface area contributed by atoms with Crippen LogP contribution in [0.4, 0.5) is 0 Å². The minimum atomic E-state index is -0.809. The van der Waals surface area contributed by atoms with Crippen LogP contribution in [0.2, 0.25) is 0 Å². The molecule has 6 rings (SSSR count). The van der Waals surface area contributed by atoms with Crippen LogP contribution in [0.25, 0.3) is 16.8 Å². The Morgan fingerprint density at radius 3 is 2.75 bits per heavy atom. The van der Waals surface area contributed by atoms with E-state index >= 15 is 0 Å². The van der Waals surface area contributed by atoms with Crippen molar-refractivity contribution in [2.45, 2.75) is 49.9 Å². The lowest BCUT2D eigenvalue weighted by molar-refractivity contribution is -0.139. The molecule has 11 heteroatoms. The van der Waals surface area contributed by atoms with Gasteiger partial charge in [0.1, 0.15) is 17.6 Å². The summed E-state index contributed by atoms with van der Waals surface area (Å²) in [5.74, 6) is 0.567. The van der Waals surface area contributed by atoms with Crippen LogP contribution in [-0.2, 0) is 9.53 Å². The summed E-state index contributed by atoms with van der Waals surface area (Å²) in [7, 11) is 1.59. The molecule has 0 radical (unpaired) electrons. The SMILES string of the molecule is CCCC1=C(C(=O)OCC)[C@H](c2c(OC)ccc3ccccc23)n2c(s/c(=C/c3ccc(Sc4nccc(C)n4)o3)c2=O)=N1. The molecular weight excluding hydrogens is 597 g/mol. The van der Waals surface area contributed by atoms with Crippen molar-refractivity contribution >= 4 is 45.9 Å². The van der Waals surface area contributed by atoms with Crippen molar-refractivity contribution in [2.24, 2.45) is 4.99 Å². The molecule has 224 valence electrons. The summed E-state index contributed by atoms with van der Waals surface area (Å²) in [6, 6.07) is 16.3. The van der Waals surface area contributed by atoms with E-state index in [-0.39, 0.29) is 12.2 Å². The number of esters is 1. The monoisotopic (exact) mass is 626 g/mol. The molecule has 3 aromatic heterocycles. The first-order valence-electron chi connectivity index (χ1n) is 14.3. The highest BCUT2D eigenvalue weighted by molar-refractivity contribution is 7.99. The molecule has 0 saturated carbocycles. The topological polar surface area (TPSA) is 109 Å². The molecule has 0 N–H and O–H groups in total. The second-order valence-electron chi connectivity index (χ2n) is 10.1. The van der Waals surface area contributed by atoms with Gasteiger partial charge in [-0.15, -0.1) is 0 Å². The Labute approximate surface area is 261 Å². The van der Waals surface area contributed by atoms with Crippen LogP contribution in [0.5, 0.6) is 5.75 Å². The second-order valence-corrected chi connectivity index (χ2v) is 12.0. The van der Waals surface area contributed by atoms with Crippen LogP contribution in [0, 0.1) is 6.92 Å². The van der Waals surface area contributed by atoms with E-state index in [0.29, 0.717) is 54.3 Å². The highest BCUT2D eigenvalue weighted by Gasteiger charge is 2.37. The van der Waals surface area contributed by atoms with Crippen LogP contribution >= 0.6 is 23.1 Å². The van der Waals surface area contributed by atoms with E-state index in [0.717, 1.165) is 22.9 Å². The van der Waals surface area contributed by atoms with Crippen molar-refractivity contribution in [1.29, 1.82) is 0 Å². The number of furan rings is 1. The first-order valence-corrected chi connectivity index (χ1v) is 15.9. The summed E-state index contributed by atoms with van der Waals surface area (Å²) in [6.07, 6.45) is 4.71. The maximum absolute atomic E-state index is 14.3. The van der Waals surface area contributed by atoms with E-state index in [1.54, 1.807) is 36.9 Å². The van der Waals surface area contributed by atoms with Gasteiger partial charge in [-0.2, -0.15) is 0 Å². The number of ether oxygens (including phenoxy) is 2. The van der Waals surface area contributed by atoms with Crippen molar-refractivity contribution < 1.29 is 18.7 Å². The zero-order valence-corrected chi connectivity index (χ0v) is 26.3. The largest absolute Gasteiger partial charge is 0.496 e. The third kappa shape index (κ3) is 5.60. The number of carbonyl (C=O) groups is 1. The van der Waals surface area contributed by atoms with Crippen molar-refractivity contribution in [3.05, 3.63) is 109 Å². The third-order valence-corrected chi connectivity index (χ3v) is 8.94. The van der Waals surface area contributed by atoms with Crippen LogP contribution in [-0.4, -0.2) is 34.2 Å². The second kappa shape index (κ2) is 12.6. The Balaban J connectivity index is 1.55. The molecule has 2 aromatic carbocycles. The fraction of sp³-hybridized carbons (Fsp3) is 0.242. The number of carbonyl (C=O) groups excluding carboxylic acids is 1. The van der Waals surface area contributed by atoms with Crippen LogP contribution < -0.4 is 19.6 Å². The Kier molecular flexibility index (Phi) is 8.49. The minimum absolute atomic E-state index is 0.192.